The van der Waals surface area contributed by atoms with Gasteiger partial charge in [0.15, 0.2) is 0 Å². The topological polar surface area (TPSA) is 32.3 Å². The number of nitrogens with one attached hydrogen (secondary N) is 1. The van der Waals surface area contributed by atoms with Gasteiger partial charge in [-0.3, -0.25) is 4.79 Å². The van der Waals surface area contributed by atoms with Crippen LogP contribution in [0.3, 0.4) is 0 Å². The summed E-state index contributed by atoms with van der Waals surface area (Å²) in [7, 11) is 0. The summed E-state index contributed by atoms with van der Waals surface area (Å²) in [5.74, 6) is -0.113. The number of amides is 1. The maximum atomic E-state index is 12.2. The monoisotopic (exact) mass is 346 g/mol. The van der Waals surface area contributed by atoms with E-state index in [2.05, 4.69) is 40.0 Å². The lowest BCUT2D eigenvalue weighted by Gasteiger charge is -2.21. The van der Waals surface area contributed by atoms with Gasteiger partial charge in [-0.25, -0.2) is 0 Å². The largest absolute Gasteiger partial charge is 0.372 e. The predicted octanol–water partition coefficient (Wildman–Crippen LogP) is 4.55. The summed E-state index contributed by atoms with van der Waals surface area (Å²) in [4.78, 5) is 14.5. The average molecular weight is 347 g/mol. The van der Waals surface area contributed by atoms with Crippen LogP contribution in [0.15, 0.2) is 53.0 Å². The van der Waals surface area contributed by atoms with Gasteiger partial charge < -0.3 is 10.2 Å². The molecule has 2 aromatic carbocycles. The maximum Gasteiger partial charge on any atom is 0.256 e. The second-order valence-electron chi connectivity index (χ2n) is 4.65. The minimum Gasteiger partial charge on any atom is -0.372 e. The van der Waals surface area contributed by atoms with Gasteiger partial charge in [-0.1, -0.05) is 12.1 Å². The minimum atomic E-state index is -0.113. The zero-order valence-corrected chi connectivity index (χ0v) is 13.9. The second-order valence-corrected chi connectivity index (χ2v) is 5.51. The van der Waals surface area contributed by atoms with E-state index in [4.69, 9.17) is 0 Å². The zero-order chi connectivity index (χ0) is 15.2. The van der Waals surface area contributed by atoms with Crippen LogP contribution in [0.1, 0.15) is 24.2 Å². The summed E-state index contributed by atoms with van der Waals surface area (Å²) in [6.45, 7) is 6.20. The summed E-state index contributed by atoms with van der Waals surface area (Å²) in [5, 5.41) is 2.91. The molecule has 1 N–H and O–H groups in total. The molecule has 3 nitrogen and oxygen atoms in total. The number of carbonyl (C=O) groups excluding carboxylic acids is 1. The fraction of sp³-hybridized carbons (Fsp3) is 0.235. The van der Waals surface area contributed by atoms with E-state index in [0.717, 1.165) is 23.2 Å². The molecule has 0 aromatic heterocycles. The van der Waals surface area contributed by atoms with Crippen molar-refractivity contribution in [1.29, 1.82) is 0 Å². The fourth-order valence-electron chi connectivity index (χ4n) is 2.19. The van der Waals surface area contributed by atoms with Crippen LogP contribution >= 0.6 is 15.9 Å². The van der Waals surface area contributed by atoms with Crippen molar-refractivity contribution in [1.82, 2.24) is 0 Å². The van der Waals surface area contributed by atoms with Crippen molar-refractivity contribution in [2.75, 3.05) is 23.3 Å². The Morgan fingerprint density at radius 3 is 2.24 bits per heavy atom. The first-order valence-corrected chi connectivity index (χ1v) is 7.86. The Hall–Kier alpha value is -1.81. The third-order valence-corrected chi connectivity index (χ3v) is 4.06. The van der Waals surface area contributed by atoms with Crippen LogP contribution < -0.4 is 10.2 Å². The molecule has 0 atom stereocenters. The molecule has 2 rings (SSSR count). The van der Waals surface area contributed by atoms with Crippen molar-refractivity contribution < 1.29 is 4.79 Å². The Morgan fingerprint density at radius 2 is 1.67 bits per heavy atom. The molecule has 110 valence electrons. The van der Waals surface area contributed by atoms with Crippen molar-refractivity contribution in [3.8, 4) is 0 Å². The predicted molar refractivity (Wildman–Crippen MR) is 92.1 cm³/mol. The second kappa shape index (κ2) is 7.27. The number of anilines is 2. The summed E-state index contributed by atoms with van der Waals surface area (Å²) in [6, 6.07) is 15.3. The number of hydrogen-bond donors (Lipinski definition) is 1. The molecule has 0 spiro atoms. The first-order valence-electron chi connectivity index (χ1n) is 7.06. The third kappa shape index (κ3) is 3.85. The molecule has 0 heterocycles. The van der Waals surface area contributed by atoms with E-state index < -0.39 is 0 Å². The average Bonchev–Trinajstić information content (AvgIpc) is 2.50. The molecule has 1 amide bonds. The lowest BCUT2D eigenvalue weighted by Crippen LogP contribution is -2.21. The quantitative estimate of drug-likeness (QED) is 0.861. The van der Waals surface area contributed by atoms with Crippen molar-refractivity contribution >= 4 is 33.2 Å². The van der Waals surface area contributed by atoms with E-state index in [0.29, 0.717) is 5.56 Å². The number of rotatable bonds is 5. The molecule has 0 unspecified atom stereocenters. The first-order chi connectivity index (χ1) is 10.2. The number of benzene rings is 2. The van der Waals surface area contributed by atoms with Crippen LogP contribution in [0.25, 0.3) is 0 Å². The Bertz CT molecular complexity index is 606. The molecular formula is C17H19BrN2O. The van der Waals surface area contributed by atoms with Crippen LogP contribution in [-0.2, 0) is 0 Å². The lowest BCUT2D eigenvalue weighted by atomic mass is 10.2. The van der Waals surface area contributed by atoms with Gasteiger partial charge in [0.05, 0.1) is 5.56 Å². The number of halogens is 1. The standard InChI is InChI=1S/C17H19BrN2O/c1-3-20(4-2)14-11-9-13(10-12-14)19-17(21)15-7-5-6-8-16(15)18/h5-12H,3-4H2,1-2H3,(H,19,21). The lowest BCUT2D eigenvalue weighted by molar-refractivity contribution is 0.102. The van der Waals surface area contributed by atoms with Gasteiger partial charge in [-0.2, -0.15) is 0 Å². The summed E-state index contributed by atoms with van der Waals surface area (Å²) in [6.07, 6.45) is 0. The van der Waals surface area contributed by atoms with E-state index in [1.807, 2.05) is 42.5 Å². The highest BCUT2D eigenvalue weighted by molar-refractivity contribution is 9.10. The molecule has 0 aliphatic heterocycles. The zero-order valence-electron chi connectivity index (χ0n) is 12.3. The molecule has 0 saturated heterocycles. The molecule has 0 saturated carbocycles. The SMILES string of the molecule is CCN(CC)c1ccc(NC(=O)c2ccccc2Br)cc1. The molecule has 0 radical (unpaired) electrons. The number of nitrogens with zero attached hydrogens (tertiary/aromatic N) is 1. The van der Waals surface area contributed by atoms with Gasteiger partial charge >= 0.3 is 0 Å². The van der Waals surface area contributed by atoms with E-state index in [1.54, 1.807) is 6.07 Å². The van der Waals surface area contributed by atoms with Crippen LogP contribution in [0.2, 0.25) is 0 Å². The fourth-order valence-corrected chi connectivity index (χ4v) is 2.65. The maximum absolute atomic E-state index is 12.2. The number of carbonyl (C=O) groups is 1. The van der Waals surface area contributed by atoms with E-state index >= 15 is 0 Å². The molecule has 0 fully saturated rings. The molecule has 4 heteroatoms. The van der Waals surface area contributed by atoms with Gasteiger partial charge in [-0.05, 0) is 66.2 Å². The summed E-state index contributed by atoms with van der Waals surface area (Å²) >= 11 is 3.39. The normalized spacial score (nSPS) is 10.2. The van der Waals surface area contributed by atoms with Crippen LogP contribution in [0, 0.1) is 0 Å². The summed E-state index contributed by atoms with van der Waals surface area (Å²) < 4.78 is 0.794. The molecule has 21 heavy (non-hydrogen) atoms. The molecular weight excluding hydrogens is 328 g/mol. The van der Waals surface area contributed by atoms with E-state index in [1.165, 1.54) is 5.69 Å². The molecule has 0 bridgehead atoms. The van der Waals surface area contributed by atoms with Gasteiger partial charge in [0, 0.05) is 28.9 Å². The van der Waals surface area contributed by atoms with Crippen molar-refractivity contribution in [3.63, 3.8) is 0 Å². The van der Waals surface area contributed by atoms with Gasteiger partial charge in [0.25, 0.3) is 5.91 Å². The van der Waals surface area contributed by atoms with Gasteiger partial charge in [0.1, 0.15) is 0 Å². The Balaban J connectivity index is 2.10. The highest BCUT2D eigenvalue weighted by Gasteiger charge is 2.09. The smallest absolute Gasteiger partial charge is 0.256 e. The minimum absolute atomic E-state index is 0.113. The van der Waals surface area contributed by atoms with Crippen LogP contribution in [0.5, 0.6) is 0 Å². The van der Waals surface area contributed by atoms with Crippen LogP contribution in [0.4, 0.5) is 11.4 Å². The van der Waals surface area contributed by atoms with Crippen molar-refractivity contribution in [2.24, 2.45) is 0 Å². The van der Waals surface area contributed by atoms with E-state index in [9.17, 15) is 4.79 Å². The molecule has 0 aliphatic rings. The highest BCUT2D eigenvalue weighted by Crippen LogP contribution is 2.20. The van der Waals surface area contributed by atoms with Gasteiger partial charge in [0.2, 0.25) is 0 Å². The Morgan fingerprint density at radius 1 is 1.05 bits per heavy atom. The Labute approximate surface area is 134 Å². The third-order valence-electron chi connectivity index (χ3n) is 3.37. The summed E-state index contributed by atoms with van der Waals surface area (Å²) in [5.41, 5.74) is 2.59. The highest BCUT2D eigenvalue weighted by atomic mass is 79.9. The molecule has 2 aromatic rings. The van der Waals surface area contributed by atoms with Crippen molar-refractivity contribution in [3.05, 3.63) is 58.6 Å². The van der Waals surface area contributed by atoms with E-state index in [-0.39, 0.29) is 5.91 Å². The van der Waals surface area contributed by atoms with Gasteiger partial charge in [-0.15, -0.1) is 0 Å². The molecule has 0 aliphatic carbocycles. The Kier molecular flexibility index (Phi) is 5.39. The number of hydrogen-bond acceptors (Lipinski definition) is 2. The van der Waals surface area contributed by atoms with Crippen LogP contribution in [-0.4, -0.2) is 19.0 Å². The first kappa shape index (κ1) is 15.6. The van der Waals surface area contributed by atoms with Crippen molar-refractivity contribution in [2.45, 2.75) is 13.8 Å².